The largest absolute Gasteiger partial charge is 0.461 e. The molecule has 0 bridgehead atoms. The lowest BCUT2D eigenvalue weighted by atomic mass is 9.95. The Labute approximate surface area is 238 Å². The molecule has 1 aromatic heterocycles. The highest BCUT2D eigenvalue weighted by molar-refractivity contribution is 6.00. The number of hydrogen-bond donors (Lipinski definition) is 1. The summed E-state index contributed by atoms with van der Waals surface area (Å²) >= 11 is 0. The van der Waals surface area contributed by atoms with E-state index in [9.17, 15) is 9.50 Å². The summed E-state index contributed by atoms with van der Waals surface area (Å²) in [5.41, 5.74) is 0.555. The van der Waals surface area contributed by atoms with Gasteiger partial charge in [-0.25, -0.2) is 8.78 Å². The van der Waals surface area contributed by atoms with Crippen LogP contribution in [0.4, 0.5) is 14.6 Å². The summed E-state index contributed by atoms with van der Waals surface area (Å²) in [5, 5.41) is 11.3. The standard InChI is InChI=1S/C31H35F2N5O3/c1-20-27(26(33)28(34-2)23-9-3-7-21-8-4-10-24(32)25(21)23)35-30(36-29(20)37-15-16-40-18-22(39)17-37)41-19-31-11-5-13-38(31)14-6-12-31/h3-4,7-10,22,39H,2,5-6,11-19H2,1H3/b28-26+. The molecule has 41 heavy (non-hydrogen) atoms. The van der Waals surface area contributed by atoms with Gasteiger partial charge in [0.05, 0.1) is 24.9 Å². The van der Waals surface area contributed by atoms with Crippen LogP contribution in [-0.2, 0) is 4.74 Å². The number of fused-ring (bicyclic) bond motifs is 2. The first-order valence-corrected chi connectivity index (χ1v) is 14.2. The fraction of sp³-hybridized carbons (Fsp3) is 0.452. The Bertz CT molecular complexity index is 1480. The molecule has 6 rings (SSSR count). The number of nitrogens with zero attached hydrogens (tertiary/aromatic N) is 5. The molecule has 216 valence electrons. The van der Waals surface area contributed by atoms with E-state index >= 15 is 4.39 Å². The van der Waals surface area contributed by atoms with E-state index in [1.54, 1.807) is 37.3 Å². The number of β-amino-alcohol motifs (C(OH)–C–C–N with tert-alkyl or cyclic N) is 1. The third kappa shape index (κ3) is 5.20. The Morgan fingerprint density at radius 1 is 1.17 bits per heavy atom. The van der Waals surface area contributed by atoms with Gasteiger partial charge in [-0.3, -0.25) is 9.89 Å². The van der Waals surface area contributed by atoms with Gasteiger partial charge in [-0.05, 0) is 63.9 Å². The zero-order valence-electron chi connectivity index (χ0n) is 23.3. The van der Waals surface area contributed by atoms with Crippen molar-refractivity contribution in [2.75, 3.05) is 50.9 Å². The smallest absolute Gasteiger partial charge is 0.319 e. The van der Waals surface area contributed by atoms with E-state index in [1.165, 1.54) is 6.07 Å². The summed E-state index contributed by atoms with van der Waals surface area (Å²) in [6, 6.07) is 9.89. The minimum Gasteiger partial charge on any atom is -0.461 e. The molecule has 3 aromatic rings. The SMILES string of the molecule is C=N/C(=C(/F)c1nc(OCC23CCCN2CCC3)nc(N2CCOCC(O)C2)c1C)c1cccc2cccc(F)c12. The number of anilines is 1. The van der Waals surface area contributed by atoms with Crippen LogP contribution in [0.5, 0.6) is 6.01 Å². The molecule has 0 amide bonds. The molecule has 3 saturated heterocycles. The zero-order valence-corrected chi connectivity index (χ0v) is 23.3. The van der Waals surface area contributed by atoms with Gasteiger partial charge in [-0.15, -0.1) is 0 Å². The van der Waals surface area contributed by atoms with Gasteiger partial charge in [0.1, 0.15) is 29.6 Å². The first-order valence-electron chi connectivity index (χ1n) is 14.2. The second-order valence-corrected chi connectivity index (χ2v) is 11.1. The van der Waals surface area contributed by atoms with Gasteiger partial charge >= 0.3 is 6.01 Å². The van der Waals surface area contributed by atoms with Crippen LogP contribution in [0.25, 0.3) is 22.3 Å². The monoisotopic (exact) mass is 563 g/mol. The van der Waals surface area contributed by atoms with E-state index in [2.05, 4.69) is 21.6 Å². The van der Waals surface area contributed by atoms with Crippen molar-refractivity contribution in [2.45, 2.75) is 44.2 Å². The summed E-state index contributed by atoms with van der Waals surface area (Å²) in [4.78, 5) is 17.6. The van der Waals surface area contributed by atoms with Crippen molar-refractivity contribution < 1.29 is 23.4 Å². The summed E-state index contributed by atoms with van der Waals surface area (Å²) in [5.74, 6) is -0.786. The number of benzene rings is 2. The van der Waals surface area contributed by atoms with Crippen LogP contribution in [0, 0.1) is 12.7 Å². The molecule has 1 N–H and O–H groups in total. The van der Waals surface area contributed by atoms with Crippen LogP contribution < -0.4 is 9.64 Å². The summed E-state index contributed by atoms with van der Waals surface area (Å²) < 4.78 is 43.4. The molecule has 0 saturated carbocycles. The lowest BCUT2D eigenvalue weighted by molar-refractivity contribution is 0.0597. The summed E-state index contributed by atoms with van der Waals surface area (Å²) in [6.45, 7) is 9.17. The number of ether oxygens (including phenoxy) is 2. The minimum atomic E-state index is -0.755. The molecule has 0 radical (unpaired) electrons. The molecule has 4 heterocycles. The highest BCUT2D eigenvalue weighted by Crippen LogP contribution is 2.40. The summed E-state index contributed by atoms with van der Waals surface area (Å²) in [7, 11) is 0. The number of aliphatic imine (C=N–C) groups is 1. The minimum absolute atomic E-state index is 0.00685. The zero-order chi connectivity index (χ0) is 28.6. The van der Waals surface area contributed by atoms with Crippen LogP contribution >= 0.6 is 0 Å². The number of rotatable bonds is 7. The second kappa shape index (κ2) is 11.4. The van der Waals surface area contributed by atoms with Crippen LogP contribution in [0.3, 0.4) is 0 Å². The first-order chi connectivity index (χ1) is 19.9. The number of aliphatic hydroxyl groups is 1. The maximum absolute atomic E-state index is 16.6. The Morgan fingerprint density at radius 3 is 2.68 bits per heavy atom. The van der Waals surface area contributed by atoms with Gasteiger partial charge in [0.25, 0.3) is 0 Å². The molecule has 8 nitrogen and oxygen atoms in total. The van der Waals surface area contributed by atoms with Crippen molar-refractivity contribution in [1.29, 1.82) is 0 Å². The lowest BCUT2D eigenvalue weighted by Gasteiger charge is -2.31. The van der Waals surface area contributed by atoms with Gasteiger partial charge in [0.2, 0.25) is 0 Å². The fourth-order valence-electron chi connectivity index (χ4n) is 6.59. The van der Waals surface area contributed by atoms with E-state index < -0.39 is 17.7 Å². The molecule has 0 spiro atoms. The molecule has 2 aromatic carbocycles. The van der Waals surface area contributed by atoms with Gasteiger partial charge in [-0.2, -0.15) is 9.97 Å². The maximum atomic E-state index is 16.6. The number of hydrogen-bond acceptors (Lipinski definition) is 8. The maximum Gasteiger partial charge on any atom is 0.319 e. The summed E-state index contributed by atoms with van der Waals surface area (Å²) in [6.07, 6.45) is 3.59. The van der Waals surface area contributed by atoms with Crippen molar-refractivity contribution in [2.24, 2.45) is 4.99 Å². The Hall–Kier alpha value is -3.47. The molecular weight excluding hydrogens is 528 g/mol. The molecule has 3 aliphatic rings. The lowest BCUT2D eigenvalue weighted by Crippen LogP contribution is -2.43. The van der Waals surface area contributed by atoms with Gasteiger partial charge in [0, 0.05) is 29.6 Å². The highest BCUT2D eigenvalue weighted by atomic mass is 19.1. The molecule has 1 atom stereocenters. The Morgan fingerprint density at radius 2 is 1.93 bits per heavy atom. The van der Waals surface area contributed by atoms with Crippen molar-refractivity contribution >= 4 is 34.8 Å². The van der Waals surface area contributed by atoms with Gasteiger partial charge < -0.3 is 19.5 Å². The molecule has 10 heteroatoms. The predicted octanol–water partition coefficient (Wildman–Crippen LogP) is 4.78. The van der Waals surface area contributed by atoms with Crippen LogP contribution in [-0.4, -0.2) is 84.3 Å². The quantitative estimate of drug-likeness (QED) is 0.415. The molecule has 3 aliphatic heterocycles. The highest BCUT2D eigenvalue weighted by Gasteiger charge is 2.45. The van der Waals surface area contributed by atoms with E-state index in [-0.39, 0.29) is 47.0 Å². The second-order valence-electron chi connectivity index (χ2n) is 11.1. The van der Waals surface area contributed by atoms with Crippen molar-refractivity contribution in [1.82, 2.24) is 14.9 Å². The van der Waals surface area contributed by atoms with E-state index in [0.717, 1.165) is 38.8 Å². The average Bonchev–Trinajstić information content (AvgIpc) is 3.48. The normalized spacial score (nSPS) is 21.5. The van der Waals surface area contributed by atoms with Gasteiger partial charge in [-0.1, -0.05) is 30.3 Å². The van der Waals surface area contributed by atoms with E-state index in [1.807, 2.05) is 4.90 Å². The third-order valence-corrected chi connectivity index (χ3v) is 8.61. The Kier molecular flexibility index (Phi) is 7.72. The number of aromatic nitrogens is 2. The van der Waals surface area contributed by atoms with Crippen molar-refractivity contribution in [3.05, 3.63) is 59.0 Å². The van der Waals surface area contributed by atoms with E-state index in [0.29, 0.717) is 36.5 Å². The first kappa shape index (κ1) is 27.7. The molecule has 3 fully saturated rings. The fourth-order valence-corrected chi connectivity index (χ4v) is 6.59. The topological polar surface area (TPSA) is 83.3 Å². The molecule has 1 unspecified atom stereocenters. The van der Waals surface area contributed by atoms with E-state index in [4.69, 9.17) is 14.5 Å². The van der Waals surface area contributed by atoms with Gasteiger partial charge in [0.15, 0.2) is 5.83 Å². The number of halogens is 2. The average molecular weight is 564 g/mol. The Balaban J connectivity index is 1.46. The predicted molar refractivity (Wildman–Crippen MR) is 155 cm³/mol. The molecule has 0 aliphatic carbocycles. The van der Waals surface area contributed by atoms with Crippen molar-refractivity contribution in [3.63, 3.8) is 0 Å². The van der Waals surface area contributed by atoms with Crippen LogP contribution in [0.1, 0.15) is 42.5 Å². The van der Waals surface area contributed by atoms with Crippen LogP contribution in [0.2, 0.25) is 0 Å². The third-order valence-electron chi connectivity index (χ3n) is 8.61. The van der Waals surface area contributed by atoms with Crippen molar-refractivity contribution in [3.8, 4) is 6.01 Å². The molecular formula is C31H35F2N5O3. The van der Waals surface area contributed by atoms with Crippen LogP contribution in [0.15, 0.2) is 41.4 Å². The number of aliphatic hydroxyl groups excluding tert-OH is 1.